The minimum Gasteiger partial charge on any atom is -0.352 e. The van der Waals surface area contributed by atoms with E-state index in [2.05, 4.69) is 27.8 Å². The fourth-order valence-corrected chi connectivity index (χ4v) is 4.32. The van der Waals surface area contributed by atoms with Crippen molar-refractivity contribution in [1.29, 1.82) is 0 Å². The highest BCUT2D eigenvalue weighted by Gasteiger charge is 2.14. The Hall–Kier alpha value is -3.74. The van der Waals surface area contributed by atoms with Gasteiger partial charge < -0.3 is 5.32 Å². The highest BCUT2D eigenvalue weighted by molar-refractivity contribution is 6.39. The molecule has 5 rings (SSSR count). The van der Waals surface area contributed by atoms with Gasteiger partial charge in [0, 0.05) is 6.54 Å². The van der Waals surface area contributed by atoms with Crippen LogP contribution in [0.5, 0.6) is 0 Å². The number of aromatic nitrogens is 3. The first-order chi connectivity index (χ1) is 16.5. The van der Waals surface area contributed by atoms with Crippen molar-refractivity contribution >= 4 is 50.8 Å². The topological polar surface area (TPSA) is 76.9 Å². The number of amides is 1. The molecule has 1 heterocycles. The number of rotatable bonds is 5. The summed E-state index contributed by atoms with van der Waals surface area (Å²) >= 11 is 12.3. The fourth-order valence-electron chi connectivity index (χ4n) is 3.89. The van der Waals surface area contributed by atoms with Gasteiger partial charge in [0.15, 0.2) is 0 Å². The average molecular weight is 489 g/mol. The van der Waals surface area contributed by atoms with Gasteiger partial charge in [-0.1, -0.05) is 83.0 Å². The van der Waals surface area contributed by atoms with E-state index in [1.54, 1.807) is 36.4 Å². The maximum Gasteiger partial charge on any atom is 0.283 e. The minimum atomic E-state index is -0.418. The van der Waals surface area contributed by atoms with E-state index in [-0.39, 0.29) is 28.3 Å². The second kappa shape index (κ2) is 9.25. The van der Waals surface area contributed by atoms with E-state index in [1.807, 2.05) is 30.3 Å². The molecule has 1 amide bonds. The minimum absolute atomic E-state index is 0.0928. The molecule has 0 aliphatic heterocycles. The van der Waals surface area contributed by atoms with Crippen molar-refractivity contribution in [3.05, 3.63) is 110 Å². The Morgan fingerprint density at radius 2 is 1.62 bits per heavy atom. The Kier molecular flexibility index (Phi) is 6.01. The third-order valence-corrected chi connectivity index (χ3v) is 6.24. The molecule has 0 bridgehead atoms. The molecule has 0 aliphatic rings. The second-order valence-corrected chi connectivity index (χ2v) is 8.63. The molecule has 6 nitrogen and oxygen atoms in total. The monoisotopic (exact) mass is 488 g/mol. The van der Waals surface area contributed by atoms with Crippen molar-refractivity contribution in [2.75, 3.05) is 0 Å². The summed E-state index contributed by atoms with van der Waals surface area (Å²) in [4.78, 5) is 25.5. The van der Waals surface area contributed by atoms with Gasteiger partial charge in [-0.2, -0.15) is 4.68 Å². The van der Waals surface area contributed by atoms with Crippen LogP contribution in [0, 0.1) is 0 Å². The summed E-state index contributed by atoms with van der Waals surface area (Å²) in [7, 11) is 0. The number of hydrogen-bond donors (Lipinski definition) is 1. The summed E-state index contributed by atoms with van der Waals surface area (Å²) in [6, 6.07) is 24.3. The zero-order chi connectivity index (χ0) is 23.7. The molecule has 0 saturated heterocycles. The van der Waals surface area contributed by atoms with Gasteiger partial charge in [0.25, 0.3) is 5.56 Å². The first-order valence-electron chi connectivity index (χ1n) is 10.6. The summed E-state index contributed by atoms with van der Waals surface area (Å²) in [6.07, 6.45) is 0.213. The molecular weight excluding hydrogens is 471 g/mol. The van der Waals surface area contributed by atoms with Crippen LogP contribution >= 0.6 is 23.2 Å². The summed E-state index contributed by atoms with van der Waals surface area (Å²) in [5, 5.41) is 14.1. The van der Waals surface area contributed by atoms with Crippen LogP contribution in [0.25, 0.3) is 27.4 Å². The SMILES string of the molecule is O=C(Cc1ccc(-n2nnc3c(Cl)ccc(Cl)c3c2=O)cc1)NCc1cccc2ccccc12. The van der Waals surface area contributed by atoms with Crippen molar-refractivity contribution in [2.45, 2.75) is 13.0 Å². The molecule has 0 radical (unpaired) electrons. The molecular formula is C26H18Cl2N4O2. The third-order valence-electron chi connectivity index (χ3n) is 5.62. The van der Waals surface area contributed by atoms with Gasteiger partial charge in [-0.25, -0.2) is 0 Å². The highest BCUT2D eigenvalue weighted by Crippen LogP contribution is 2.25. The van der Waals surface area contributed by atoms with Crippen molar-refractivity contribution in [1.82, 2.24) is 20.3 Å². The zero-order valence-electron chi connectivity index (χ0n) is 17.8. The van der Waals surface area contributed by atoms with Crippen molar-refractivity contribution in [3.8, 4) is 5.69 Å². The van der Waals surface area contributed by atoms with Crippen LogP contribution in [0.4, 0.5) is 0 Å². The number of nitrogens with one attached hydrogen (secondary N) is 1. The van der Waals surface area contributed by atoms with Gasteiger partial charge in [0.1, 0.15) is 5.52 Å². The number of halogens is 2. The Morgan fingerprint density at radius 3 is 2.44 bits per heavy atom. The van der Waals surface area contributed by atoms with Crippen LogP contribution in [-0.4, -0.2) is 20.9 Å². The van der Waals surface area contributed by atoms with E-state index < -0.39 is 5.56 Å². The lowest BCUT2D eigenvalue weighted by Crippen LogP contribution is -2.25. The number of carbonyl (C=O) groups is 1. The zero-order valence-corrected chi connectivity index (χ0v) is 19.3. The predicted octanol–water partition coefficient (Wildman–Crippen LogP) is 5.10. The highest BCUT2D eigenvalue weighted by atomic mass is 35.5. The van der Waals surface area contributed by atoms with E-state index in [9.17, 15) is 9.59 Å². The summed E-state index contributed by atoms with van der Waals surface area (Å²) in [5.74, 6) is -0.0928. The largest absolute Gasteiger partial charge is 0.352 e. The first-order valence-corrected chi connectivity index (χ1v) is 11.3. The second-order valence-electron chi connectivity index (χ2n) is 7.82. The van der Waals surface area contributed by atoms with Crippen LogP contribution in [0.1, 0.15) is 11.1 Å². The Morgan fingerprint density at radius 1 is 0.882 bits per heavy atom. The van der Waals surface area contributed by atoms with Crippen LogP contribution in [0.15, 0.2) is 83.7 Å². The van der Waals surface area contributed by atoms with Crippen molar-refractivity contribution in [3.63, 3.8) is 0 Å². The number of carbonyl (C=O) groups excluding carboxylic acids is 1. The van der Waals surface area contributed by atoms with Gasteiger partial charge in [-0.05, 0) is 46.2 Å². The van der Waals surface area contributed by atoms with E-state index in [0.717, 1.165) is 26.6 Å². The molecule has 0 atom stereocenters. The molecule has 0 aliphatic carbocycles. The maximum atomic E-state index is 12.9. The quantitative estimate of drug-likeness (QED) is 0.373. The Balaban J connectivity index is 1.31. The van der Waals surface area contributed by atoms with Crippen molar-refractivity contribution < 1.29 is 4.79 Å². The van der Waals surface area contributed by atoms with Crippen LogP contribution in [-0.2, 0) is 17.8 Å². The molecule has 168 valence electrons. The lowest BCUT2D eigenvalue weighted by molar-refractivity contribution is -0.120. The first kappa shape index (κ1) is 22.1. The number of hydrogen-bond acceptors (Lipinski definition) is 4. The fraction of sp³-hybridized carbons (Fsp3) is 0.0769. The molecule has 0 spiro atoms. The lowest BCUT2D eigenvalue weighted by Gasteiger charge is -2.10. The van der Waals surface area contributed by atoms with Crippen molar-refractivity contribution in [2.24, 2.45) is 0 Å². The molecule has 1 N–H and O–H groups in total. The van der Waals surface area contributed by atoms with E-state index in [0.29, 0.717) is 17.3 Å². The summed E-state index contributed by atoms with van der Waals surface area (Å²) in [6.45, 7) is 0.448. The average Bonchev–Trinajstić information content (AvgIpc) is 2.85. The van der Waals surface area contributed by atoms with Gasteiger partial charge in [-0.15, -0.1) is 5.10 Å². The van der Waals surface area contributed by atoms with E-state index >= 15 is 0 Å². The molecule has 8 heteroatoms. The molecule has 0 fully saturated rings. The Labute approximate surface area is 204 Å². The summed E-state index contributed by atoms with van der Waals surface area (Å²) in [5.41, 5.74) is 2.22. The standard InChI is InChI=1S/C26H18Cl2N4O2/c27-21-12-13-22(28)25-24(21)26(34)32(31-30-25)19-10-8-16(9-11-19)14-23(33)29-15-18-6-3-5-17-4-1-2-7-20(17)18/h1-13H,14-15H2,(H,29,33). The van der Waals surface area contributed by atoms with Gasteiger partial charge in [-0.3, -0.25) is 9.59 Å². The molecule has 0 unspecified atom stereocenters. The molecule has 0 saturated carbocycles. The lowest BCUT2D eigenvalue weighted by atomic mass is 10.0. The van der Waals surface area contributed by atoms with E-state index in [1.165, 1.54) is 0 Å². The van der Waals surface area contributed by atoms with Crippen LogP contribution in [0.2, 0.25) is 10.0 Å². The molecule has 5 aromatic rings. The van der Waals surface area contributed by atoms with Crippen LogP contribution < -0.4 is 10.9 Å². The van der Waals surface area contributed by atoms with Gasteiger partial charge in [0.2, 0.25) is 5.91 Å². The van der Waals surface area contributed by atoms with Gasteiger partial charge in [0.05, 0.1) is 27.5 Å². The number of nitrogens with zero attached hydrogens (tertiary/aromatic N) is 3. The number of benzene rings is 4. The number of fused-ring (bicyclic) bond motifs is 2. The van der Waals surface area contributed by atoms with Crippen LogP contribution in [0.3, 0.4) is 0 Å². The normalized spacial score (nSPS) is 11.1. The molecule has 1 aromatic heterocycles. The third kappa shape index (κ3) is 4.25. The maximum absolute atomic E-state index is 12.9. The Bertz CT molecular complexity index is 1590. The smallest absolute Gasteiger partial charge is 0.283 e. The molecule has 34 heavy (non-hydrogen) atoms. The van der Waals surface area contributed by atoms with Gasteiger partial charge >= 0.3 is 0 Å². The molecule has 4 aromatic carbocycles. The van der Waals surface area contributed by atoms with E-state index in [4.69, 9.17) is 23.2 Å². The summed E-state index contributed by atoms with van der Waals surface area (Å²) < 4.78 is 1.16. The predicted molar refractivity (Wildman–Crippen MR) is 135 cm³/mol.